The molecule has 0 amide bonds. The quantitative estimate of drug-likeness (QED) is 0.743. The van der Waals surface area contributed by atoms with Crippen molar-refractivity contribution < 1.29 is 18.3 Å². The fourth-order valence-electron chi connectivity index (χ4n) is 2.04. The van der Waals surface area contributed by atoms with Crippen LogP contribution in [0.4, 0.5) is 13.2 Å². The molecule has 0 unspecified atom stereocenters. The van der Waals surface area contributed by atoms with Gasteiger partial charge in [0.25, 0.3) is 0 Å². The molecule has 100 valence electrons. The van der Waals surface area contributed by atoms with E-state index >= 15 is 0 Å². The summed E-state index contributed by atoms with van der Waals surface area (Å²) in [5.41, 5.74) is -0.909. The van der Waals surface area contributed by atoms with E-state index in [2.05, 4.69) is 26.6 Å². The Labute approximate surface area is 111 Å². The predicted octanol–water partition coefficient (Wildman–Crippen LogP) is 2.41. The molecule has 0 radical (unpaired) electrons. The molecular formula is C11H12BrF3N2O. The van der Waals surface area contributed by atoms with Crippen LogP contribution in [0.5, 0.6) is 5.75 Å². The van der Waals surface area contributed by atoms with E-state index in [0.29, 0.717) is 19.6 Å². The lowest BCUT2D eigenvalue weighted by Gasteiger charge is -2.28. The third-order valence-corrected chi connectivity index (χ3v) is 3.50. The number of aromatic hydroxyl groups is 1. The van der Waals surface area contributed by atoms with Crippen LogP contribution in [0.3, 0.4) is 0 Å². The highest BCUT2D eigenvalue weighted by Crippen LogP contribution is 2.42. The lowest BCUT2D eigenvalue weighted by Crippen LogP contribution is -2.43. The molecule has 1 aliphatic heterocycles. The zero-order valence-electron chi connectivity index (χ0n) is 9.31. The summed E-state index contributed by atoms with van der Waals surface area (Å²) in [6.45, 7) is 1.62. The van der Waals surface area contributed by atoms with Gasteiger partial charge in [-0.3, -0.25) is 0 Å². The minimum atomic E-state index is -4.48. The van der Waals surface area contributed by atoms with Gasteiger partial charge in [0.15, 0.2) is 0 Å². The van der Waals surface area contributed by atoms with E-state index < -0.39 is 17.8 Å². The minimum absolute atomic E-state index is 0.107. The lowest BCUT2D eigenvalue weighted by molar-refractivity contribution is -0.138. The van der Waals surface area contributed by atoms with E-state index in [1.165, 1.54) is 6.07 Å². The highest BCUT2D eigenvalue weighted by molar-refractivity contribution is 9.10. The molecule has 1 aliphatic rings. The highest BCUT2D eigenvalue weighted by atomic mass is 79.9. The van der Waals surface area contributed by atoms with E-state index in [1.54, 1.807) is 0 Å². The normalized spacial score (nSPS) is 21.0. The molecule has 1 aromatic carbocycles. The lowest BCUT2D eigenvalue weighted by atomic mass is 9.97. The number of alkyl halides is 3. The number of hydrogen-bond acceptors (Lipinski definition) is 3. The van der Waals surface area contributed by atoms with E-state index in [1.807, 2.05) is 0 Å². The van der Waals surface area contributed by atoms with Crippen molar-refractivity contribution in [2.75, 3.05) is 19.6 Å². The van der Waals surface area contributed by atoms with E-state index in [0.717, 1.165) is 6.07 Å². The van der Waals surface area contributed by atoms with Crippen molar-refractivity contribution in [3.05, 3.63) is 27.7 Å². The Kier molecular flexibility index (Phi) is 3.84. The summed E-state index contributed by atoms with van der Waals surface area (Å²) in [6, 6.07) is 1.64. The average molecular weight is 325 g/mol. The molecule has 1 aromatic rings. The minimum Gasteiger partial charge on any atom is -0.506 e. The van der Waals surface area contributed by atoms with Crippen LogP contribution in [-0.4, -0.2) is 24.7 Å². The first-order chi connectivity index (χ1) is 8.41. The van der Waals surface area contributed by atoms with Gasteiger partial charge in [-0.2, -0.15) is 13.2 Å². The zero-order valence-corrected chi connectivity index (χ0v) is 10.9. The second-order valence-corrected chi connectivity index (χ2v) is 4.92. The molecule has 0 spiro atoms. The molecule has 0 aliphatic carbocycles. The van der Waals surface area contributed by atoms with Crippen LogP contribution in [0.1, 0.15) is 17.2 Å². The van der Waals surface area contributed by atoms with Crippen molar-refractivity contribution >= 4 is 15.9 Å². The van der Waals surface area contributed by atoms with Crippen molar-refractivity contribution in [3.8, 4) is 5.75 Å². The van der Waals surface area contributed by atoms with Gasteiger partial charge in [-0.05, 0) is 28.1 Å². The van der Waals surface area contributed by atoms with Crippen LogP contribution < -0.4 is 10.6 Å². The number of phenols is 1. The number of hydrogen-bond donors (Lipinski definition) is 3. The van der Waals surface area contributed by atoms with Gasteiger partial charge in [-0.25, -0.2) is 0 Å². The predicted molar refractivity (Wildman–Crippen MR) is 64.4 cm³/mol. The number of nitrogens with one attached hydrogen (secondary N) is 2. The molecule has 18 heavy (non-hydrogen) atoms. The Morgan fingerprint density at radius 1 is 1.28 bits per heavy atom. The molecule has 0 bridgehead atoms. The van der Waals surface area contributed by atoms with Gasteiger partial charge in [-0.1, -0.05) is 0 Å². The van der Waals surface area contributed by atoms with Gasteiger partial charge in [0.2, 0.25) is 0 Å². The summed E-state index contributed by atoms with van der Waals surface area (Å²) in [5.74, 6) is -0.356. The van der Waals surface area contributed by atoms with Crippen LogP contribution >= 0.6 is 15.9 Å². The van der Waals surface area contributed by atoms with Crippen molar-refractivity contribution in [3.63, 3.8) is 0 Å². The first-order valence-electron chi connectivity index (χ1n) is 5.44. The maximum absolute atomic E-state index is 12.9. The average Bonchev–Trinajstić information content (AvgIpc) is 2.32. The smallest absolute Gasteiger partial charge is 0.416 e. The third kappa shape index (κ3) is 2.62. The maximum Gasteiger partial charge on any atom is 0.416 e. The van der Waals surface area contributed by atoms with Gasteiger partial charge < -0.3 is 15.7 Å². The third-order valence-electron chi connectivity index (χ3n) is 2.86. The SMILES string of the molecule is Oc1c(Br)ccc(C(F)(F)F)c1[C@@H]1CNCCN1. The number of benzene rings is 1. The Hall–Kier alpha value is -0.790. The molecule has 3 nitrogen and oxygen atoms in total. The van der Waals surface area contributed by atoms with E-state index in [-0.39, 0.29) is 15.8 Å². The maximum atomic E-state index is 12.9. The molecule has 1 atom stereocenters. The summed E-state index contributed by atoms with van der Waals surface area (Å²) in [5, 5.41) is 15.9. The number of rotatable bonds is 1. The van der Waals surface area contributed by atoms with Crippen LogP contribution in [0.25, 0.3) is 0 Å². The van der Waals surface area contributed by atoms with Gasteiger partial charge in [0.1, 0.15) is 5.75 Å². The van der Waals surface area contributed by atoms with Gasteiger partial charge in [0.05, 0.1) is 10.0 Å². The number of halogens is 4. The monoisotopic (exact) mass is 324 g/mol. The van der Waals surface area contributed by atoms with E-state index in [4.69, 9.17) is 0 Å². The first kappa shape index (κ1) is 13.6. The Bertz CT molecular complexity index is 445. The molecule has 2 rings (SSSR count). The number of phenolic OH excluding ortho intramolecular Hbond substituents is 1. The number of piperazine rings is 1. The van der Waals surface area contributed by atoms with Crippen molar-refractivity contribution in [2.24, 2.45) is 0 Å². The molecule has 0 aromatic heterocycles. The fraction of sp³-hybridized carbons (Fsp3) is 0.455. The summed E-state index contributed by atoms with van der Waals surface area (Å²) >= 11 is 3.05. The van der Waals surface area contributed by atoms with E-state index in [9.17, 15) is 18.3 Å². The molecule has 1 fully saturated rings. The summed E-state index contributed by atoms with van der Waals surface area (Å²) in [6.07, 6.45) is -4.48. The van der Waals surface area contributed by atoms with Crippen LogP contribution in [0.2, 0.25) is 0 Å². The summed E-state index contributed by atoms with van der Waals surface area (Å²) < 4.78 is 39.1. The molecule has 7 heteroatoms. The van der Waals surface area contributed by atoms with Gasteiger partial charge in [-0.15, -0.1) is 0 Å². The molecule has 0 saturated carbocycles. The van der Waals surface area contributed by atoms with Crippen molar-refractivity contribution in [1.29, 1.82) is 0 Å². The second-order valence-electron chi connectivity index (χ2n) is 4.07. The largest absolute Gasteiger partial charge is 0.506 e. The van der Waals surface area contributed by atoms with Gasteiger partial charge >= 0.3 is 6.18 Å². The van der Waals surface area contributed by atoms with Gasteiger partial charge in [0, 0.05) is 31.2 Å². The zero-order chi connectivity index (χ0) is 13.3. The molecule has 1 heterocycles. The first-order valence-corrected chi connectivity index (χ1v) is 6.23. The van der Waals surface area contributed by atoms with Crippen LogP contribution in [-0.2, 0) is 6.18 Å². The summed E-state index contributed by atoms with van der Waals surface area (Å²) in [7, 11) is 0. The van der Waals surface area contributed by atoms with Crippen molar-refractivity contribution in [1.82, 2.24) is 10.6 Å². The van der Waals surface area contributed by atoms with Crippen LogP contribution in [0.15, 0.2) is 16.6 Å². The molecule has 3 N–H and O–H groups in total. The second kappa shape index (κ2) is 5.07. The standard InChI is InChI=1S/C11H12BrF3N2O/c12-7-2-1-6(11(13,14)15)9(10(7)18)8-5-16-3-4-17-8/h1-2,8,16-18H,3-5H2/t8-/m0/s1. The molecule has 1 saturated heterocycles. The summed E-state index contributed by atoms with van der Waals surface area (Å²) in [4.78, 5) is 0. The highest BCUT2D eigenvalue weighted by Gasteiger charge is 2.37. The Balaban J connectivity index is 2.50. The van der Waals surface area contributed by atoms with Crippen LogP contribution in [0, 0.1) is 0 Å². The molecular weight excluding hydrogens is 313 g/mol. The topological polar surface area (TPSA) is 44.3 Å². The fourth-order valence-corrected chi connectivity index (χ4v) is 2.38. The Morgan fingerprint density at radius 3 is 2.56 bits per heavy atom. The Morgan fingerprint density at radius 2 is 2.00 bits per heavy atom. The van der Waals surface area contributed by atoms with Crippen molar-refractivity contribution in [2.45, 2.75) is 12.2 Å².